The van der Waals surface area contributed by atoms with E-state index in [1.807, 2.05) is 6.07 Å². The Balaban J connectivity index is 1.38. The average molecular weight is 380 g/mol. The van der Waals surface area contributed by atoms with E-state index in [2.05, 4.69) is 20.8 Å². The molecule has 2 unspecified atom stereocenters. The number of aromatic nitrogens is 2. The molecule has 2 heterocycles. The molecule has 0 saturated heterocycles. The minimum Gasteiger partial charge on any atom is -0.361 e. The van der Waals surface area contributed by atoms with Gasteiger partial charge in [-0.25, -0.2) is 0 Å². The van der Waals surface area contributed by atoms with Crippen molar-refractivity contribution in [2.24, 2.45) is 11.8 Å². The summed E-state index contributed by atoms with van der Waals surface area (Å²) in [5.41, 5.74) is 0.200. The van der Waals surface area contributed by atoms with Crippen molar-refractivity contribution in [2.75, 3.05) is 0 Å². The molecule has 2 aromatic rings. The third kappa shape index (κ3) is 2.99. The van der Waals surface area contributed by atoms with Crippen LogP contribution in [0.2, 0.25) is 0 Å². The van der Waals surface area contributed by atoms with E-state index in [0.29, 0.717) is 29.0 Å². The zero-order valence-corrected chi connectivity index (χ0v) is 15.9. The second-order valence-corrected chi connectivity index (χ2v) is 8.97. The average Bonchev–Trinajstić information content (AvgIpc) is 3.07. The van der Waals surface area contributed by atoms with Crippen LogP contribution in [0.15, 0.2) is 35.0 Å². The van der Waals surface area contributed by atoms with Gasteiger partial charge in [0.25, 0.3) is 11.8 Å². The van der Waals surface area contributed by atoms with Crippen LogP contribution in [-0.2, 0) is 0 Å². The van der Waals surface area contributed by atoms with Crippen LogP contribution >= 0.6 is 0 Å². The van der Waals surface area contributed by atoms with Gasteiger partial charge in [0.2, 0.25) is 0 Å². The molecular weight excluding hydrogens is 356 g/mol. The highest BCUT2D eigenvalue weighted by atomic mass is 16.5. The molecule has 4 fully saturated rings. The van der Waals surface area contributed by atoms with E-state index >= 15 is 0 Å². The largest absolute Gasteiger partial charge is 0.361 e. The Morgan fingerprint density at radius 1 is 1.04 bits per heavy atom. The second kappa shape index (κ2) is 6.15. The summed E-state index contributed by atoms with van der Waals surface area (Å²) in [6, 6.07) is 7.02. The summed E-state index contributed by atoms with van der Waals surface area (Å²) in [5, 5.41) is 10.4. The molecule has 4 aliphatic carbocycles. The summed E-state index contributed by atoms with van der Waals surface area (Å²) in [6.07, 6.45) is 7.46. The molecule has 6 rings (SSSR count). The highest BCUT2D eigenvalue weighted by molar-refractivity contribution is 5.93. The summed E-state index contributed by atoms with van der Waals surface area (Å²) in [4.78, 5) is 29.7. The minimum absolute atomic E-state index is 0.129. The molecule has 0 aromatic carbocycles. The van der Waals surface area contributed by atoms with Crippen molar-refractivity contribution in [2.45, 2.75) is 56.5 Å². The van der Waals surface area contributed by atoms with Gasteiger partial charge < -0.3 is 15.2 Å². The number of pyridine rings is 1. The van der Waals surface area contributed by atoms with Crippen LogP contribution in [0, 0.1) is 18.8 Å². The SMILES string of the molecule is Cc1cc(C(=O)NC23CC4CC(CC(NC(=O)c5ccccn5)(C4)C2)C3)no1. The van der Waals surface area contributed by atoms with Crippen LogP contribution < -0.4 is 10.6 Å². The maximum Gasteiger partial charge on any atom is 0.273 e. The lowest BCUT2D eigenvalue weighted by molar-refractivity contribution is -0.0449. The van der Waals surface area contributed by atoms with Gasteiger partial charge in [0, 0.05) is 23.3 Å². The molecule has 2 amide bonds. The standard InChI is InChI=1S/C21H24N4O3/c1-13-6-17(25-28-13)19(27)24-21-10-14-7-15(11-21)9-20(8-14,12-21)23-18(26)16-4-2-3-5-22-16/h2-6,14-15H,7-12H2,1H3,(H,23,26)(H,24,27). The number of aryl methyl sites for hydroxylation is 1. The third-order valence-electron chi connectivity index (χ3n) is 6.58. The molecular formula is C21H24N4O3. The van der Waals surface area contributed by atoms with Gasteiger partial charge in [0.15, 0.2) is 5.69 Å². The van der Waals surface area contributed by atoms with E-state index in [-0.39, 0.29) is 22.9 Å². The van der Waals surface area contributed by atoms with Crippen molar-refractivity contribution < 1.29 is 14.1 Å². The molecule has 4 aliphatic rings. The van der Waals surface area contributed by atoms with Crippen molar-refractivity contribution >= 4 is 11.8 Å². The monoisotopic (exact) mass is 380 g/mol. The summed E-state index contributed by atoms with van der Waals surface area (Å²) >= 11 is 0. The molecule has 28 heavy (non-hydrogen) atoms. The van der Waals surface area contributed by atoms with Crippen LogP contribution in [0.25, 0.3) is 0 Å². The van der Waals surface area contributed by atoms with Crippen LogP contribution in [0.1, 0.15) is 65.3 Å². The number of hydrogen-bond donors (Lipinski definition) is 2. The fourth-order valence-corrected chi connectivity index (χ4v) is 6.14. The summed E-state index contributed by atoms with van der Waals surface area (Å²) in [6.45, 7) is 1.77. The van der Waals surface area contributed by atoms with E-state index in [4.69, 9.17) is 4.52 Å². The predicted molar refractivity (Wildman–Crippen MR) is 101 cm³/mol. The van der Waals surface area contributed by atoms with Crippen molar-refractivity contribution in [3.8, 4) is 0 Å². The van der Waals surface area contributed by atoms with Gasteiger partial charge in [-0.2, -0.15) is 0 Å². The summed E-state index contributed by atoms with van der Waals surface area (Å²) < 4.78 is 5.05. The quantitative estimate of drug-likeness (QED) is 0.850. The van der Waals surface area contributed by atoms with Gasteiger partial charge in [-0.1, -0.05) is 11.2 Å². The maximum absolute atomic E-state index is 12.8. The Bertz CT molecular complexity index is 909. The lowest BCUT2D eigenvalue weighted by Gasteiger charge is -2.62. The number of nitrogens with one attached hydrogen (secondary N) is 2. The number of rotatable bonds is 4. The number of nitrogens with zero attached hydrogens (tertiary/aromatic N) is 2. The normalized spacial score (nSPS) is 32.9. The topological polar surface area (TPSA) is 97.1 Å². The Morgan fingerprint density at radius 2 is 1.68 bits per heavy atom. The number of carbonyl (C=O) groups is 2. The number of amides is 2. The lowest BCUT2D eigenvalue weighted by atomic mass is 9.49. The fourth-order valence-electron chi connectivity index (χ4n) is 6.14. The number of hydrogen-bond acceptors (Lipinski definition) is 5. The van der Waals surface area contributed by atoms with E-state index in [0.717, 1.165) is 32.1 Å². The molecule has 0 aliphatic heterocycles. The molecule has 0 radical (unpaired) electrons. The number of carbonyl (C=O) groups excluding carboxylic acids is 2. The highest BCUT2D eigenvalue weighted by Gasteiger charge is 2.58. The van der Waals surface area contributed by atoms with E-state index in [9.17, 15) is 9.59 Å². The molecule has 0 spiro atoms. The van der Waals surface area contributed by atoms with Crippen LogP contribution in [0.5, 0.6) is 0 Å². The molecule has 4 bridgehead atoms. The molecule has 4 saturated carbocycles. The van der Waals surface area contributed by atoms with Crippen LogP contribution in [0.3, 0.4) is 0 Å². The Kier molecular flexibility index (Phi) is 3.82. The first kappa shape index (κ1) is 17.4. The van der Waals surface area contributed by atoms with Crippen molar-refractivity contribution in [1.82, 2.24) is 20.8 Å². The van der Waals surface area contributed by atoms with E-state index < -0.39 is 0 Å². The van der Waals surface area contributed by atoms with Crippen LogP contribution in [0.4, 0.5) is 0 Å². The molecule has 146 valence electrons. The van der Waals surface area contributed by atoms with E-state index in [1.54, 1.807) is 31.3 Å². The molecule has 2 N–H and O–H groups in total. The smallest absolute Gasteiger partial charge is 0.273 e. The fraction of sp³-hybridized carbons (Fsp3) is 0.524. The van der Waals surface area contributed by atoms with Crippen LogP contribution in [-0.4, -0.2) is 33.0 Å². The van der Waals surface area contributed by atoms with Gasteiger partial charge >= 0.3 is 0 Å². The minimum atomic E-state index is -0.286. The molecule has 7 nitrogen and oxygen atoms in total. The zero-order chi connectivity index (χ0) is 19.4. The Hall–Kier alpha value is -2.70. The van der Waals surface area contributed by atoms with Gasteiger partial charge in [0.05, 0.1) is 0 Å². The van der Waals surface area contributed by atoms with Gasteiger partial charge in [-0.15, -0.1) is 0 Å². The summed E-state index contributed by atoms with van der Waals surface area (Å²) in [5.74, 6) is 1.34. The zero-order valence-electron chi connectivity index (χ0n) is 15.9. The van der Waals surface area contributed by atoms with Crippen molar-refractivity contribution in [3.05, 3.63) is 47.6 Å². The maximum atomic E-state index is 12.8. The van der Waals surface area contributed by atoms with Gasteiger partial charge in [-0.3, -0.25) is 14.6 Å². The summed E-state index contributed by atoms with van der Waals surface area (Å²) in [7, 11) is 0. The van der Waals surface area contributed by atoms with Crippen molar-refractivity contribution in [3.63, 3.8) is 0 Å². The van der Waals surface area contributed by atoms with E-state index in [1.165, 1.54) is 6.42 Å². The Morgan fingerprint density at radius 3 is 2.21 bits per heavy atom. The predicted octanol–water partition coefficient (Wildman–Crippen LogP) is 2.63. The van der Waals surface area contributed by atoms with Gasteiger partial charge in [-0.05, 0) is 69.4 Å². The first-order valence-electron chi connectivity index (χ1n) is 9.94. The lowest BCUT2D eigenvalue weighted by Crippen LogP contribution is -2.69. The molecule has 2 atom stereocenters. The first-order valence-corrected chi connectivity index (χ1v) is 9.94. The first-order chi connectivity index (χ1) is 13.4. The molecule has 2 aromatic heterocycles. The third-order valence-corrected chi connectivity index (χ3v) is 6.58. The Labute approximate surface area is 163 Å². The second-order valence-electron chi connectivity index (χ2n) is 8.97. The van der Waals surface area contributed by atoms with Crippen molar-refractivity contribution in [1.29, 1.82) is 0 Å². The van der Waals surface area contributed by atoms with Gasteiger partial charge in [0.1, 0.15) is 11.5 Å². The highest BCUT2D eigenvalue weighted by Crippen LogP contribution is 2.57. The molecule has 7 heteroatoms.